The summed E-state index contributed by atoms with van der Waals surface area (Å²) in [4.78, 5) is 23.0. The molecule has 1 aromatic rings. The molecule has 0 spiro atoms. The van der Waals surface area contributed by atoms with Crippen LogP contribution in [0.4, 0.5) is 5.69 Å². The summed E-state index contributed by atoms with van der Waals surface area (Å²) in [6, 6.07) is 2.98. The Morgan fingerprint density at radius 1 is 1.44 bits per heavy atom. The summed E-state index contributed by atoms with van der Waals surface area (Å²) in [7, 11) is 0. The van der Waals surface area contributed by atoms with Crippen molar-refractivity contribution in [3.63, 3.8) is 0 Å². The molecule has 1 heterocycles. The van der Waals surface area contributed by atoms with Crippen LogP contribution in [0.25, 0.3) is 0 Å². The Kier molecular flexibility index (Phi) is 5.09. The first-order valence-electron chi connectivity index (χ1n) is 6.12. The first-order valence-corrected chi connectivity index (χ1v) is 6.12. The Balaban J connectivity index is 2.68. The second-order valence-corrected chi connectivity index (χ2v) is 4.61. The van der Waals surface area contributed by atoms with E-state index >= 15 is 0 Å². The van der Waals surface area contributed by atoms with Crippen LogP contribution in [-0.4, -0.2) is 21.7 Å². The van der Waals surface area contributed by atoms with E-state index in [1.807, 2.05) is 20.8 Å². The number of rotatable bonds is 5. The average molecular weight is 252 g/mol. The smallest absolute Gasteiger partial charge is 0.250 e. The van der Waals surface area contributed by atoms with Crippen LogP contribution >= 0.6 is 0 Å². The largest absolute Gasteiger partial charge is 0.392 e. The Hall–Kier alpha value is -1.62. The van der Waals surface area contributed by atoms with Crippen LogP contribution in [0.3, 0.4) is 0 Å². The van der Waals surface area contributed by atoms with Gasteiger partial charge >= 0.3 is 0 Å². The molecule has 1 atom stereocenters. The summed E-state index contributed by atoms with van der Waals surface area (Å²) in [5, 5.41) is 12.3. The molecule has 0 aliphatic heterocycles. The van der Waals surface area contributed by atoms with Gasteiger partial charge in [0, 0.05) is 18.8 Å². The van der Waals surface area contributed by atoms with E-state index in [1.54, 1.807) is 12.3 Å². The van der Waals surface area contributed by atoms with E-state index in [1.165, 1.54) is 10.6 Å². The lowest BCUT2D eigenvalue weighted by atomic mass is 10.0. The lowest BCUT2D eigenvalue weighted by Crippen LogP contribution is -2.25. The van der Waals surface area contributed by atoms with Crippen LogP contribution in [-0.2, 0) is 11.3 Å². The van der Waals surface area contributed by atoms with Gasteiger partial charge in [-0.1, -0.05) is 13.8 Å². The molecule has 1 aromatic heterocycles. The van der Waals surface area contributed by atoms with Crippen molar-refractivity contribution in [2.24, 2.45) is 5.92 Å². The van der Waals surface area contributed by atoms with E-state index < -0.39 is 6.10 Å². The average Bonchev–Trinajstić information content (AvgIpc) is 2.31. The van der Waals surface area contributed by atoms with E-state index in [-0.39, 0.29) is 23.8 Å². The highest BCUT2D eigenvalue weighted by Crippen LogP contribution is 2.09. The fraction of sp³-hybridized carbons (Fsp3) is 0.538. The molecule has 0 radical (unpaired) electrons. The molecule has 0 aromatic carbocycles. The molecule has 0 aliphatic rings. The number of aliphatic hydroxyl groups is 1. The minimum absolute atomic E-state index is 0.0420. The molecule has 18 heavy (non-hydrogen) atoms. The maximum absolute atomic E-state index is 11.7. The van der Waals surface area contributed by atoms with E-state index in [0.29, 0.717) is 12.2 Å². The molecule has 0 bridgehead atoms. The van der Waals surface area contributed by atoms with Crippen LogP contribution in [0.2, 0.25) is 0 Å². The van der Waals surface area contributed by atoms with E-state index in [0.717, 1.165) is 0 Å². The summed E-state index contributed by atoms with van der Waals surface area (Å²) in [5.41, 5.74) is 0.468. The van der Waals surface area contributed by atoms with Crippen molar-refractivity contribution in [2.45, 2.75) is 39.8 Å². The van der Waals surface area contributed by atoms with Crippen LogP contribution < -0.4 is 10.9 Å². The monoisotopic (exact) mass is 252 g/mol. The minimum atomic E-state index is -0.651. The van der Waals surface area contributed by atoms with Gasteiger partial charge in [0.2, 0.25) is 5.91 Å². The van der Waals surface area contributed by atoms with Crippen molar-refractivity contribution in [1.82, 2.24) is 4.57 Å². The van der Waals surface area contributed by atoms with Gasteiger partial charge in [0.05, 0.1) is 18.2 Å². The zero-order valence-electron chi connectivity index (χ0n) is 11.0. The topological polar surface area (TPSA) is 71.3 Å². The maximum Gasteiger partial charge on any atom is 0.250 e. The Morgan fingerprint density at radius 3 is 2.67 bits per heavy atom. The standard InChI is InChI=1S/C13H20N2O3/c1-4-15-8-10(5-6-13(15)18)14-12(17)7-11(16)9(2)3/h5-6,8-9,11,16H,4,7H2,1-3H3,(H,14,17). The fourth-order valence-corrected chi connectivity index (χ4v) is 1.49. The minimum Gasteiger partial charge on any atom is -0.392 e. The molecule has 5 nitrogen and oxygen atoms in total. The van der Waals surface area contributed by atoms with Crippen LogP contribution in [0.15, 0.2) is 23.1 Å². The molecule has 2 N–H and O–H groups in total. The molecular formula is C13H20N2O3. The predicted molar refractivity (Wildman–Crippen MR) is 70.5 cm³/mol. The summed E-state index contributed by atoms with van der Waals surface area (Å²) in [6.45, 7) is 6.12. The Bertz CT molecular complexity index is 466. The molecule has 0 saturated carbocycles. The van der Waals surface area contributed by atoms with Gasteiger partial charge in [-0.25, -0.2) is 0 Å². The van der Waals surface area contributed by atoms with Crippen molar-refractivity contribution in [3.8, 4) is 0 Å². The van der Waals surface area contributed by atoms with E-state index in [9.17, 15) is 14.7 Å². The number of anilines is 1. The van der Waals surface area contributed by atoms with Crippen LogP contribution in [0, 0.1) is 5.92 Å². The van der Waals surface area contributed by atoms with E-state index in [2.05, 4.69) is 5.32 Å². The third-order valence-corrected chi connectivity index (χ3v) is 2.77. The zero-order chi connectivity index (χ0) is 13.7. The highest BCUT2D eigenvalue weighted by Gasteiger charge is 2.14. The van der Waals surface area contributed by atoms with Gasteiger partial charge in [0.25, 0.3) is 5.56 Å². The molecule has 5 heteroatoms. The number of aryl methyl sites for hydroxylation is 1. The fourth-order valence-electron chi connectivity index (χ4n) is 1.49. The third kappa shape index (κ3) is 4.00. The SMILES string of the molecule is CCn1cc(NC(=O)CC(O)C(C)C)ccc1=O. The molecular weight excluding hydrogens is 232 g/mol. The lowest BCUT2D eigenvalue weighted by Gasteiger charge is -2.14. The second kappa shape index (κ2) is 6.35. The number of pyridine rings is 1. The second-order valence-electron chi connectivity index (χ2n) is 4.61. The van der Waals surface area contributed by atoms with Gasteiger partial charge < -0.3 is 15.0 Å². The number of aliphatic hydroxyl groups excluding tert-OH is 1. The van der Waals surface area contributed by atoms with Crippen LogP contribution in [0.5, 0.6) is 0 Å². The first-order chi connectivity index (χ1) is 8.43. The van der Waals surface area contributed by atoms with Crippen molar-refractivity contribution in [3.05, 3.63) is 28.7 Å². The number of amides is 1. The summed E-state index contributed by atoms with van der Waals surface area (Å²) >= 11 is 0. The number of carbonyl (C=O) groups is 1. The molecule has 0 fully saturated rings. The van der Waals surface area contributed by atoms with Crippen molar-refractivity contribution >= 4 is 11.6 Å². The van der Waals surface area contributed by atoms with Crippen molar-refractivity contribution in [1.29, 1.82) is 0 Å². The zero-order valence-corrected chi connectivity index (χ0v) is 11.0. The van der Waals surface area contributed by atoms with Gasteiger partial charge in [0.15, 0.2) is 0 Å². The first kappa shape index (κ1) is 14.4. The van der Waals surface area contributed by atoms with Gasteiger partial charge in [-0.15, -0.1) is 0 Å². The van der Waals surface area contributed by atoms with Gasteiger partial charge in [-0.2, -0.15) is 0 Å². The summed E-state index contributed by atoms with van der Waals surface area (Å²) in [6.07, 6.45) is 1.01. The summed E-state index contributed by atoms with van der Waals surface area (Å²) in [5.74, 6) is -0.210. The highest BCUT2D eigenvalue weighted by molar-refractivity contribution is 5.90. The number of nitrogens with zero attached hydrogens (tertiary/aromatic N) is 1. The normalized spacial score (nSPS) is 12.5. The predicted octanol–water partition coefficient (Wildman–Crippen LogP) is 1.21. The molecule has 0 aliphatic carbocycles. The van der Waals surface area contributed by atoms with E-state index in [4.69, 9.17) is 0 Å². The number of aromatic nitrogens is 1. The highest BCUT2D eigenvalue weighted by atomic mass is 16.3. The molecule has 0 saturated heterocycles. The number of hydrogen-bond acceptors (Lipinski definition) is 3. The van der Waals surface area contributed by atoms with Gasteiger partial charge in [0.1, 0.15) is 0 Å². The number of hydrogen-bond donors (Lipinski definition) is 2. The number of carbonyl (C=O) groups excluding carboxylic acids is 1. The molecule has 100 valence electrons. The van der Waals surface area contributed by atoms with Crippen LogP contribution in [0.1, 0.15) is 27.2 Å². The lowest BCUT2D eigenvalue weighted by molar-refractivity contribution is -0.118. The quantitative estimate of drug-likeness (QED) is 0.827. The number of nitrogens with one attached hydrogen (secondary N) is 1. The van der Waals surface area contributed by atoms with Crippen molar-refractivity contribution in [2.75, 3.05) is 5.32 Å². The van der Waals surface area contributed by atoms with Gasteiger partial charge in [-0.05, 0) is 18.9 Å². The third-order valence-electron chi connectivity index (χ3n) is 2.77. The Labute approximate surface area is 106 Å². The molecule has 1 rings (SSSR count). The Morgan fingerprint density at radius 2 is 2.11 bits per heavy atom. The van der Waals surface area contributed by atoms with Crippen molar-refractivity contribution < 1.29 is 9.90 Å². The molecule has 1 amide bonds. The summed E-state index contributed by atoms with van der Waals surface area (Å²) < 4.78 is 1.51. The maximum atomic E-state index is 11.7. The van der Waals surface area contributed by atoms with Gasteiger partial charge in [-0.3, -0.25) is 9.59 Å². The molecule has 1 unspecified atom stereocenters.